The number of halogens is 1. The number of hydrogen-bond donors (Lipinski definition) is 1. The first kappa shape index (κ1) is 23.0. The molecule has 10 heteroatoms. The second-order valence-electron chi connectivity index (χ2n) is 6.92. The molecular weight excluding hydrogens is 480 g/mol. The fourth-order valence-corrected chi connectivity index (χ4v) is 5.33. The first-order valence-corrected chi connectivity index (χ1v) is 12.1. The summed E-state index contributed by atoms with van der Waals surface area (Å²) in [5.74, 6) is 0.242. The molecule has 166 valence electrons. The Morgan fingerprint density at radius 1 is 1.30 bits per heavy atom. The van der Waals surface area contributed by atoms with Crippen LogP contribution in [-0.2, 0) is 10.5 Å². The second kappa shape index (κ2) is 9.75. The van der Waals surface area contributed by atoms with Gasteiger partial charge in [-0.3, -0.25) is 4.79 Å². The lowest BCUT2D eigenvalue weighted by Gasteiger charge is -2.09. The Bertz CT molecular complexity index is 1470. The Labute approximate surface area is 202 Å². The van der Waals surface area contributed by atoms with Gasteiger partial charge in [-0.25, -0.2) is 14.8 Å². The van der Waals surface area contributed by atoms with Crippen molar-refractivity contribution in [2.45, 2.75) is 24.6 Å². The number of pyridine rings is 1. The van der Waals surface area contributed by atoms with E-state index in [1.807, 2.05) is 23.6 Å². The number of benzene rings is 1. The lowest BCUT2D eigenvalue weighted by molar-refractivity contribution is 0.0524. The lowest BCUT2D eigenvalue weighted by atomic mass is 10.1. The van der Waals surface area contributed by atoms with E-state index in [9.17, 15) is 14.9 Å². The standard InChI is InChI=1S/C23H17ClN4O3S2/c1-3-31-23(30)15-8-13(9-25)21(26-12(15)2)33-11-18-27-20(29)19-16(10-32-22(19)28-18)14-6-4-5-7-17(14)24/h4-8,10H,3,11H2,1-2H3,(H,27,28,29). The number of aryl methyl sites for hydroxylation is 1. The molecule has 0 fully saturated rings. The number of H-pyrrole nitrogens is 1. The smallest absolute Gasteiger partial charge is 0.340 e. The highest BCUT2D eigenvalue weighted by molar-refractivity contribution is 7.98. The van der Waals surface area contributed by atoms with E-state index in [4.69, 9.17) is 16.3 Å². The molecule has 0 bridgehead atoms. The molecule has 3 aromatic heterocycles. The van der Waals surface area contributed by atoms with E-state index in [-0.39, 0.29) is 23.3 Å². The topological polar surface area (TPSA) is 109 Å². The molecule has 7 nitrogen and oxygen atoms in total. The fraction of sp³-hybridized carbons (Fsp3) is 0.174. The van der Waals surface area contributed by atoms with Crippen LogP contribution in [0.1, 0.15) is 34.4 Å². The van der Waals surface area contributed by atoms with Gasteiger partial charge in [-0.1, -0.05) is 41.6 Å². The molecule has 0 unspecified atom stereocenters. The van der Waals surface area contributed by atoms with Crippen LogP contribution in [0, 0.1) is 18.3 Å². The number of aromatic nitrogens is 3. The predicted octanol–water partition coefficient (Wildman–Crippen LogP) is 5.35. The number of ether oxygens (including phenoxy) is 1. The zero-order valence-electron chi connectivity index (χ0n) is 17.6. The molecular formula is C23H17ClN4O3S2. The van der Waals surface area contributed by atoms with Crippen molar-refractivity contribution in [1.82, 2.24) is 15.0 Å². The van der Waals surface area contributed by atoms with Crippen LogP contribution in [0.2, 0.25) is 5.02 Å². The third kappa shape index (κ3) is 4.64. The van der Waals surface area contributed by atoms with Crippen molar-refractivity contribution in [3.05, 3.63) is 73.7 Å². The maximum Gasteiger partial charge on any atom is 0.340 e. The van der Waals surface area contributed by atoms with Crippen LogP contribution in [0.3, 0.4) is 0 Å². The molecule has 0 saturated heterocycles. The number of nitrogens with one attached hydrogen (secondary N) is 1. The van der Waals surface area contributed by atoms with E-state index in [2.05, 4.69) is 21.0 Å². The number of nitriles is 1. The molecule has 33 heavy (non-hydrogen) atoms. The molecule has 4 aromatic rings. The number of thioether (sulfide) groups is 1. The SMILES string of the molecule is CCOC(=O)c1cc(C#N)c(SCc2nc3scc(-c4ccccc4Cl)c3c(=O)[nH]2)nc1C. The zero-order chi connectivity index (χ0) is 23.5. The normalized spacial score (nSPS) is 10.8. The van der Waals surface area contributed by atoms with E-state index in [0.717, 1.165) is 11.1 Å². The second-order valence-corrected chi connectivity index (χ2v) is 9.15. The first-order chi connectivity index (χ1) is 15.9. The monoisotopic (exact) mass is 496 g/mol. The van der Waals surface area contributed by atoms with Crippen LogP contribution in [-0.4, -0.2) is 27.5 Å². The van der Waals surface area contributed by atoms with E-state index in [1.54, 1.807) is 19.9 Å². The van der Waals surface area contributed by atoms with Gasteiger partial charge in [0.05, 0.1) is 34.6 Å². The van der Waals surface area contributed by atoms with Crippen LogP contribution < -0.4 is 5.56 Å². The molecule has 0 amide bonds. The summed E-state index contributed by atoms with van der Waals surface area (Å²) in [7, 11) is 0. The van der Waals surface area contributed by atoms with Crippen LogP contribution >= 0.6 is 34.7 Å². The highest BCUT2D eigenvalue weighted by Gasteiger charge is 2.18. The number of thiophene rings is 1. The zero-order valence-corrected chi connectivity index (χ0v) is 20.0. The van der Waals surface area contributed by atoms with Gasteiger partial charge < -0.3 is 9.72 Å². The number of aromatic amines is 1. The van der Waals surface area contributed by atoms with Gasteiger partial charge in [0, 0.05) is 21.5 Å². The van der Waals surface area contributed by atoms with Gasteiger partial charge in [-0.15, -0.1) is 11.3 Å². The van der Waals surface area contributed by atoms with E-state index in [0.29, 0.717) is 37.5 Å². The molecule has 1 aromatic carbocycles. The number of carbonyl (C=O) groups is 1. The number of nitrogens with zero attached hydrogens (tertiary/aromatic N) is 3. The van der Waals surface area contributed by atoms with E-state index in [1.165, 1.54) is 29.2 Å². The number of fused-ring (bicyclic) bond motifs is 1. The Morgan fingerprint density at radius 2 is 2.09 bits per heavy atom. The molecule has 4 rings (SSSR count). The predicted molar refractivity (Wildman–Crippen MR) is 130 cm³/mol. The number of rotatable bonds is 6. The third-order valence-corrected chi connectivity index (χ3v) is 7.00. The van der Waals surface area contributed by atoms with Crippen molar-refractivity contribution in [3.63, 3.8) is 0 Å². The summed E-state index contributed by atoms with van der Waals surface area (Å²) < 4.78 is 5.02. The number of carbonyl (C=O) groups excluding carboxylic acids is 1. The minimum atomic E-state index is -0.515. The van der Waals surface area contributed by atoms with Gasteiger partial charge in [0.25, 0.3) is 5.56 Å². The maximum atomic E-state index is 12.9. The molecule has 0 spiro atoms. The van der Waals surface area contributed by atoms with Crippen LogP contribution in [0.5, 0.6) is 0 Å². The summed E-state index contributed by atoms with van der Waals surface area (Å²) >= 11 is 8.94. The summed E-state index contributed by atoms with van der Waals surface area (Å²) in [6.07, 6.45) is 0. The summed E-state index contributed by atoms with van der Waals surface area (Å²) in [4.78, 5) is 37.4. The van der Waals surface area contributed by atoms with Gasteiger partial charge in [0.15, 0.2) is 0 Å². The highest BCUT2D eigenvalue weighted by atomic mass is 35.5. The van der Waals surface area contributed by atoms with Crippen LogP contribution in [0.25, 0.3) is 21.3 Å². The van der Waals surface area contributed by atoms with Crippen molar-refractivity contribution in [1.29, 1.82) is 5.26 Å². The molecule has 0 aliphatic carbocycles. The van der Waals surface area contributed by atoms with Crippen LogP contribution in [0.15, 0.2) is 45.5 Å². The van der Waals surface area contributed by atoms with Gasteiger partial charge in [0.1, 0.15) is 21.7 Å². The average Bonchev–Trinajstić information content (AvgIpc) is 3.22. The Morgan fingerprint density at radius 3 is 2.82 bits per heavy atom. The van der Waals surface area contributed by atoms with Crippen molar-refractivity contribution >= 4 is 50.9 Å². The van der Waals surface area contributed by atoms with Gasteiger partial charge in [0.2, 0.25) is 0 Å². The molecule has 0 aliphatic heterocycles. The summed E-state index contributed by atoms with van der Waals surface area (Å²) in [6.45, 7) is 3.64. The van der Waals surface area contributed by atoms with Crippen molar-refractivity contribution in [2.24, 2.45) is 0 Å². The molecule has 0 aliphatic rings. The molecule has 0 radical (unpaired) electrons. The molecule has 3 heterocycles. The summed E-state index contributed by atoms with van der Waals surface area (Å²) in [5.41, 5.74) is 2.25. The van der Waals surface area contributed by atoms with Gasteiger partial charge in [-0.2, -0.15) is 5.26 Å². The first-order valence-electron chi connectivity index (χ1n) is 9.89. The largest absolute Gasteiger partial charge is 0.462 e. The van der Waals surface area contributed by atoms with E-state index >= 15 is 0 Å². The van der Waals surface area contributed by atoms with Crippen LogP contribution in [0.4, 0.5) is 0 Å². The van der Waals surface area contributed by atoms with Crippen molar-refractivity contribution in [2.75, 3.05) is 6.61 Å². The van der Waals surface area contributed by atoms with Gasteiger partial charge in [-0.05, 0) is 26.0 Å². The lowest BCUT2D eigenvalue weighted by Crippen LogP contribution is -2.11. The quantitative estimate of drug-likeness (QED) is 0.283. The number of hydrogen-bond acceptors (Lipinski definition) is 8. The molecule has 0 atom stereocenters. The van der Waals surface area contributed by atoms with Crippen molar-refractivity contribution < 1.29 is 9.53 Å². The summed E-state index contributed by atoms with van der Waals surface area (Å²) in [6, 6.07) is 10.9. The Kier molecular flexibility index (Phi) is 6.79. The molecule has 1 N–H and O–H groups in total. The van der Waals surface area contributed by atoms with E-state index < -0.39 is 5.97 Å². The molecule has 0 saturated carbocycles. The minimum absolute atomic E-state index is 0.235. The Hall–Kier alpha value is -3.19. The van der Waals surface area contributed by atoms with Crippen molar-refractivity contribution in [3.8, 4) is 17.2 Å². The third-order valence-electron chi connectivity index (χ3n) is 4.80. The fourth-order valence-electron chi connectivity index (χ4n) is 3.27. The average molecular weight is 497 g/mol. The summed E-state index contributed by atoms with van der Waals surface area (Å²) in [5, 5.41) is 12.9. The highest BCUT2D eigenvalue weighted by Crippen LogP contribution is 2.35. The number of esters is 1. The maximum absolute atomic E-state index is 12.9. The minimum Gasteiger partial charge on any atom is -0.462 e. The Balaban J connectivity index is 1.63. The van der Waals surface area contributed by atoms with Gasteiger partial charge >= 0.3 is 5.97 Å².